The maximum Gasteiger partial charge on any atom is 0.469 e. The molecule has 5 nitrogen and oxygen atoms in total. The zero-order chi connectivity index (χ0) is 14.7. The molecule has 108 valence electrons. The van der Waals surface area contributed by atoms with Crippen molar-refractivity contribution >= 4 is 30.4 Å². The van der Waals surface area contributed by atoms with E-state index in [9.17, 15) is 4.57 Å². The molecule has 0 bridgehead atoms. The Morgan fingerprint density at radius 1 is 1.26 bits per heavy atom. The molecule has 0 heterocycles. The lowest BCUT2D eigenvalue weighted by Gasteiger charge is -2.38. The van der Waals surface area contributed by atoms with E-state index in [1.807, 2.05) is 25.1 Å². The fourth-order valence-corrected chi connectivity index (χ4v) is 2.80. The summed E-state index contributed by atoms with van der Waals surface area (Å²) < 4.78 is 21.6. The first kappa shape index (κ1) is 16.9. The van der Waals surface area contributed by atoms with Gasteiger partial charge in [-0.3, -0.25) is 4.52 Å². The molecule has 0 saturated carbocycles. The van der Waals surface area contributed by atoms with Crippen LogP contribution >= 0.6 is 30.4 Å². The lowest BCUT2D eigenvalue weighted by atomic mass is 9.97. The molecule has 1 aromatic carbocycles. The first-order valence-corrected chi connectivity index (χ1v) is 8.55. The fourth-order valence-electron chi connectivity index (χ4n) is 1.54. The highest BCUT2D eigenvalue weighted by atomic mass is 127. The number of halogens is 1. The first-order chi connectivity index (χ1) is 8.65. The molecule has 0 radical (unpaired) electrons. The van der Waals surface area contributed by atoms with Crippen LogP contribution in [-0.2, 0) is 9.09 Å². The van der Waals surface area contributed by atoms with Gasteiger partial charge in [0.05, 0.1) is 3.92 Å². The van der Waals surface area contributed by atoms with Gasteiger partial charge in [0.2, 0.25) is 0 Å². The average molecular weight is 400 g/mol. The second kappa shape index (κ2) is 6.54. The van der Waals surface area contributed by atoms with Crippen LogP contribution < -0.4 is 4.74 Å². The summed E-state index contributed by atoms with van der Waals surface area (Å²) in [6, 6.07) is 9.13. The summed E-state index contributed by atoms with van der Waals surface area (Å²) in [6.07, 6.45) is -0.763. The molecule has 2 N–H and O–H groups in total. The van der Waals surface area contributed by atoms with Crippen LogP contribution in [0.1, 0.15) is 20.8 Å². The number of rotatable bonds is 6. The van der Waals surface area contributed by atoms with Crippen molar-refractivity contribution in [3.63, 3.8) is 0 Å². The predicted octanol–water partition coefficient (Wildman–Crippen LogP) is 3.15. The van der Waals surface area contributed by atoms with Gasteiger partial charge in [-0.25, -0.2) is 4.57 Å². The topological polar surface area (TPSA) is 76.0 Å². The zero-order valence-corrected chi connectivity index (χ0v) is 14.0. The van der Waals surface area contributed by atoms with Crippen LogP contribution in [0.3, 0.4) is 0 Å². The molecule has 7 heteroatoms. The number of ether oxygens (including phenoxy) is 1. The number of benzene rings is 1. The fraction of sp³-hybridized carbons (Fsp3) is 0.500. The summed E-state index contributed by atoms with van der Waals surface area (Å²) in [6.45, 7) is 5.28. The monoisotopic (exact) mass is 400 g/mol. The van der Waals surface area contributed by atoms with E-state index >= 15 is 0 Å². The summed E-state index contributed by atoms with van der Waals surface area (Å²) in [4.78, 5) is 17.9. The second-order valence-electron chi connectivity index (χ2n) is 4.45. The number of hydrogen-bond acceptors (Lipinski definition) is 3. The minimum atomic E-state index is -4.55. The van der Waals surface area contributed by atoms with Gasteiger partial charge in [-0.15, -0.1) is 0 Å². The van der Waals surface area contributed by atoms with Gasteiger partial charge >= 0.3 is 7.82 Å². The lowest BCUT2D eigenvalue weighted by molar-refractivity contribution is -0.0257. The molecule has 0 amide bonds. The molecule has 0 saturated heterocycles. The smallest absolute Gasteiger partial charge is 0.469 e. The van der Waals surface area contributed by atoms with E-state index in [-0.39, 0.29) is 3.92 Å². The van der Waals surface area contributed by atoms with Gasteiger partial charge in [0, 0.05) is 0 Å². The highest BCUT2D eigenvalue weighted by molar-refractivity contribution is 14.1. The summed E-state index contributed by atoms with van der Waals surface area (Å²) in [5, 5.41) is 0. The Balaban J connectivity index is 2.94. The molecular weight excluding hydrogens is 382 g/mol. The van der Waals surface area contributed by atoms with Gasteiger partial charge in [0.15, 0.2) is 0 Å². The standard InChI is InChI=1S/C12H18IO5P/c1-9(13)12(3,10(2)18-19(14,15)16)17-11-7-5-4-6-8-11/h4-10H,1-3H3,(H2,14,15,16). The summed E-state index contributed by atoms with van der Waals surface area (Å²) >= 11 is 2.16. The van der Waals surface area contributed by atoms with Crippen LogP contribution in [0.2, 0.25) is 0 Å². The molecule has 1 aromatic rings. The Labute approximate surface area is 126 Å². The van der Waals surface area contributed by atoms with Crippen molar-refractivity contribution < 1.29 is 23.6 Å². The van der Waals surface area contributed by atoms with Gasteiger partial charge in [0.1, 0.15) is 17.5 Å². The number of para-hydroxylation sites is 1. The van der Waals surface area contributed by atoms with Crippen molar-refractivity contribution in [3.8, 4) is 5.75 Å². The number of alkyl halides is 1. The minimum absolute atomic E-state index is 0.0214. The SMILES string of the molecule is CC(I)C(C)(Oc1ccccc1)C(C)OP(=O)(O)O. The van der Waals surface area contributed by atoms with E-state index in [4.69, 9.17) is 19.0 Å². The Morgan fingerprint density at radius 3 is 2.21 bits per heavy atom. The maximum absolute atomic E-state index is 11.0. The average Bonchev–Trinajstić information content (AvgIpc) is 2.27. The van der Waals surface area contributed by atoms with E-state index in [1.54, 1.807) is 26.0 Å². The molecule has 0 spiro atoms. The van der Waals surface area contributed by atoms with Crippen molar-refractivity contribution in [1.82, 2.24) is 0 Å². The highest BCUT2D eigenvalue weighted by Gasteiger charge is 2.42. The van der Waals surface area contributed by atoms with Gasteiger partial charge in [-0.05, 0) is 32.9 Å². The largest absolute Gasteiger partial charge is 0.484 e. The number of phosphoric acid groups is 1. The quantitative estimate of drug-likeness (QED) is 0.436. The van der Waals surface area contributed by atoms with Crippen LogP contribution in [-0.4, -0.2) is 25.4 Å². The molecule has 3 unspecified atom stereocenters. The Morgan fingerprint density at radius 2 is 1.79 bits per heavy atom. The molecule has 0 aliphatic carbocycles. The molecular formula is C12H18IO5P. The van der Waals surface area contributed by atoms with E-state index in [1.165, 1.54) is 0 Å². The molecule has 0 fully saturated rings. The van der Waals surface area contributed by atoms with Crippen LogP contribution in [0.25, 0.3) is 0 Å². The molecule has 1 rings (SSSR count). The third kappa shape index (κ3) is 5.04. The van der Waals surface area contributed by atoms with E-state index in [0.717, 1.165) is 0 Å². The molecule has 0 aliphatic heterocycles. The van der Waals surface area contributed by atoms with Gasteiger partial charge < -0.3 is 14.5 Å². The van der Waals surface area contributed by atoms with E-state index < -0.39 is 19.5 Å². The molecule has 19 heavy (non-hydrogen) atoms. The number of phosphoric ester groups is 1. The zero-order valence-electron chi connectivity index (χ0n) is 11.0. The van der Waals surface area contributed by atoms with Crippen molar-refractivity contribution in [3.05, 3.63) is 30.3 Å². The van der Waals surface area contributed by atoms with E-state index in [0.29, 0.717) is 5.75 Å². The maximum atomic E-state index is 11.0. The second-order valence-corrected chi connectivity index (χ2v) is 7.51. The van der Waals surface area contributed by atoms with Gasteiger partial charge in [-0.1, -0.05) is 40.8 Å². The van der Waals surface area contributed by atoms with E-state index in [2.05, 4.69) is 22.6 Å². The molecule has 0 aromatic heterocycles. The Kier molecular flexibility index (Phi) is 5.82. The first-order valence-electron chi connectivity index (χ1n) is 5.77. The third-order valence-electron chi connectivity index (χ3n) is 2.97. The van der Waals surface area contributed by atoms with Crippen molar-refractivity contribution in [1.29, 1.82) is 0 Å². The predicted molar refractivity (Wildman–Crippen MR) is 81.5 cm³/mol. The van der Waals surface area contributed by atoms with Crippen LogP contribution in [0.5, 0.6) is 5.75 Å². The molecule has 0 aliphatic rings. The minimum Gasteiger partial charge on any atom is -0.484 e. The summed E-state index contributed by atoms with van der Waals surface area (Å²) in [5.74, 6) is 0.634. The third-order valence-corrected chi connectivity index (χ3v) is 4.80. The van der Waals surface area contributed by atoms with Crippen molar-refractivity contribution in [2.45, 2.75) is 36.4 Å². The summed E-state index contributed by atoms with van der Waals surface area (Å²) in [7, 11) is -4.55. The van der Waals surface area contributed by atoms with Gasteiger partial charge in [-0.2, -0.15) is 0 Å². The Bertz CT molecular complexity index is 447. The van der Waals surface area contributed by atoms with Crippen LogP contribution in [0.4, 0.5) is 0 Å². The van der Waals surface area contributed by atoms with Crippen LogP contribution in [0, 0.1) is 0 Å². The summed E-state index contributed by atoms with van der Waals surface area (Å²) in [5.41, 5.74) is -0.858. The lowest BCUT2D eigenvalue weighted by Crippen LogP contribution is -2.50. The normalized spacial score (nSPS) is 18.4. The van der Waals surface area contributed by atoms with Crippen molar-refractivity contribution in [2.24, 2.45) is 0 Å². The highest BCUT2D eigenvalue weighted by Crippen LogP contribution is 2.42. The van der Waals surface area contributed by atoms with Crippen LogP contribution in [0.15, 0.2) is 30.3 Å². The number of hydrogen-bond donors (Lipinski definition) is 2. The van der Waals surface area contributed by atoms with Crippen molar-refractivity contribution in [2.75, 3.05) is 0 Å². The molecule has 3 atom stereocenters. The van der Waals surface area contributed by atoms with Gasteiger partial charge in [0.25, 0.3) is 0 Å². The Hall–Kier alpha value is -0.140.